The zero-order valence-electron chi connectivity index (χ0n) is 62.6. The van der Waals surface area contributed by atoms with E-state index in [1.807, 2.05) is 20.8 Å². The Bertz CT molecular complexity index is 2360. The first kappa shape index (κ1) is 108. The molecule has 0 radical (unpaired) electrons. The number of nitrogens with two attached hydrogens (primary N) is 2. The van der Waals surface area contributed by atoms with Crippen LogP contribution in [0, 0.1) is 0 Å². The third-order valence-corrected chi connectivity index (χ3v) is 45.6. The van der Waals surface area contributed by atoms with Crippen molar-refractivity contribution in [2.24, 2.45) is 11.5 Å². The Morgan fingerprint density at radius 3 is 1.18 bits per heavy atom. The molecule has 0 aliphatic rings. The topological polar surface area (TPSA) is 389 Å². The van der Waals surface area contributed by atoms with Crippen LogP contribution in [0.5, 0.6) is 0 Å². The number of unbranched alkanes of at least 4 members (excludes halogenated alkanes) is 19. The van der Waals surface area contributed by atoms with Crippen LogP contribution in [0.15, 0.2) is 23.4 Å². The molecular weight excluding hydrogens is 1770 g/mol. The van der Waals surface area contributed by atoms with E-state index in [-0.39, 0.29) is 60.1 Å². The first-order valence-electron chi connectivity index (χ1n) is 34.0. The molecule has 4 unspecified atom stereocenters. The van der Waals surface area contributed by atoms with Crippen molar-refractivity contribution in [2.45, 2.75) is 309 Å². The van der Waals surface area contributed by atoms with Gasteiger partial charge in [0.25, 0.3) is 0 Å². The van der Waals surface area contributed by atoms with Crippen molar-refractivity contribution in [2.75, 3.05) is 17.3 Å². The van der Waals surface area contributed by atoms with Gasteiger partial charge in [0.05, 0.1) is 0 Å². The first-order valence-corrected chi connectivity index (χ1v) is 75.6. The van der Waals surface area contributed by atoms with Gasteiger partial charge in [-0.1, -0.05) is 12.8 Å². The molecule has 100 heavy (non-hydrogen) atoms. The van der Waals surface area contributed by atoms with Crippen LogP contribution < -0.4 is 16.8 Å². The number of carboxylic acids is 7. The van der Waals surface area contributed by atoms with Crippen LogP contribution in [-0.4, -0.2) is 226 Å². The third kappa shape index (κ3) is 80.2. The SMILES string of the molecule is CC(S[As](C)C)C(=O)CCC(=O)O.C[As](C)SC(C)(C)C(N)C(=O)O.C[As](C)SCC(NC(=O)CCC(N)C(=O)O)C(=O)CCC(=O)O.C[As](C)SCCCCCCCCCCC(=O)O.C[As](C)SCCCCCCCCCCCCCCCC(=O)O.C[As](C)Sc1ncccc1C(=O)O. The molecule has 0 saturated heterocycles. The van der Waals surface area contributed by atoms with Gasteiger partial charge in [0.15, 0.2) is 0 Å². The van der Waals surface area contributed by atoms with Crippen LogP contribution in [0.2, 0.25) is 68.5 Å². The molecule has 0 aromatic carbocycles. The number of nitrogens with zero attached hydrogens (tertiary/aromatic N) is 1. The van der Waals surface area contributed by atoms with E-state index in [0.29, 0.717) is 29.2 Å². The van der Waals surface area contributed by atoms with Crippen molar-refractivity contribution < 1.29 is 83.7 Å². The van der Waals surface area contributed by atoms with Gasteiger partial charge in [-0.3, -0.25) is 9.59 Å². The van der Waals surface area contributed by atoms with Crippen molar-refractivity contribution in [3.8, 4) is 0 Å². The molecule has 1 rings (SSSR count). The predicted molar refractivity (Wildman–Crippen MR) is 436 cm³/mol. The fourth-order valence-corrected chi connectivity index (χ4v) is 36.5. The molecule has 12 N–H and O–H groups in total. The van der Waals surface area contributed by atoms with Gasteiger partial charge in [0.2, 0.25) is 0 Å². The summed E-state index contributed by atoms with van der Waals surface area (Å²) in [7, 11) is 11.1. The second-order valence-electron chi connectivity index (χ2n) is 24.9. The number of Topliss-reactive ketones (excluding diaryl/α,β-unsaturated/α-hetero) is 2. The average molecular weight is 1900 g/mol. The number of aromatic carboxylic acids is 1. The monoisotopic (exact) mass is 1900 g/mol. The van der Waals surface area contributed by atoms with E-state index in [4.69, 9.17) is 47.2 Å². The van der Waals surface area contributed by atoms with E-state index in [9.17, 15) is 47.9 Å². The maximum atomic E-state index is 12.0. The van der Waals surface area contributed by atoms with E-state index in [1.165, 1.54) is 121 Å². The number of hydrogen-bond donors (Lipinski definition) is 10. The van der Waals surface area contributed by atoms with Gasteiger partial charge in [0, 0.05) is 6.42 Å². The zero-order chi connectivity index (χ0) is 77.6. The number of carbonyl (C=O) groups is 10. The quantitative estimate of drug-likeness (QED) is 0.0214. The van der Waals surface area contributed by atoms with Crippen molar-refractivity contribution >= 4 is 200 Å². The normalized spacial score (nSPS) is 12.2. The summed E-state index contributed by atoms with van der Waals surface area (Å²) in [6.07, 6.45) is 28.9. The van der Waals surface area contributed by atoms with Crippen LogP contribution in [0.25, 0.3) is 0 Å². The number of amides is 1. The third-order valence-electron chi connectivity index (χ3n) is 13.4. The van der Waals surface area contributed by atoms with Crippen LogP contribution in [0.1, 0.15) is 217 Å². The summed E-state index contributed by atoms with van der Waals surface area (Å²) < 4.78 is -0.338. The van der Waals surface area contributed by atoms with Gasteiger partial charge in [-0.05, 0) is 6.42 Å². The number of pyridine rings is 1. The Kier molecular flexibility index (Phi) is 77.4. The van der Waals surface area contributed by atoms with Gasteiger partial charge in [-0.15, -0.1) is 0 Å². The minimum atomic E-state index is -1.19. The number of aliphatic carboxylic acids is 6. The van der Waals surface area contributed by atoms with E-state index >= 15 is 0 Å². The standard InChI is InChI=1S/C18H37AsO2S.C13H23AsN2O6S.C13H27AsO2S.C8H10AsNO2S.C8H15AsO3S.C7H16AsNO2S/c1-19(2)22-17-15-13-11-9-7-5-3-4-6-8-10-12-14-16-18(20)21;1-14(2)23-7-9(10(17)4-6-12(19)20)16-11(18)5-3-8(15)13(21)22;1-14(2)17-12-10-8-6-4-3-5-7-9-11-13(15)16;1-9(2)13-7-6(8(11)12)4-3-5-10-7;1-6(13-9(2)3)7(10)4-5-8(11)12;1-7(2,12-8(3)4)5(9)6(10)11/h3-17H2,1-2H3,(H,20,21);8-9H,3-7,15H2,1-2H3,(H,16,18)(H,19,20)(H,21,22);3-12H2,1-2H3,(H,15,16);3-5H,1-2H3,(H,11,12);6H,4-5H2,1-3H3,(H,11,12);5H,9H2,1-4H3,(H,10,11). The van der Waals surface area contributed by atoms with Crippen molar-refractivity contribution in [1.82, 2.24) is 10.3 Å². The number of rotatable bonds is 54. The number of hydrogen-bond acceptors (Lipinski definition) is 19. The number of carboxylic acid groups (broad SMARTS) is 7. The van der Waals surface area contributed by atoms with Crippen LogP contribution in [0.4, 0.5) is 0 Å². The Labute approximate surface area is 648 Å². The Morgan fingerprint density at radius 1 is 0.470 bits per heavy atom. The Balaban J connectivity index is -0.000000367. The number of aromatic nitrogens is 1. The molecule has 584 valence electrons. The molecule has 21 nitrogen and oxygen atoms in total. The molecule has 1 aromatic heterocycles. The first-order chi connectivity index (χ1) is 46.7. The van der Waals surface area contributed by atoms with Gasteiger partial charge < -0.3 is 10.2 Å². The summed E-state index contributed by atoms with van der Waals surface area (Å²) in [5.41, 5.74) is 38.0. The zero-order valence-corrected chi connectivity index (χ0v) is 78.8. The fourth-order valence-electron chi connectivity index (χ4n) is 8.21. The maximum absolute atomic E-state index is 12.0. The van der Waals surface area contributed by atoms with Crippen molar-refractivity contribution in [1.29, 1.82) is 0 Å². The van der Waals surface area contributed by atoms with Crippen molar-refractivity contribution in [3.05, 3.63) is 23.9 Å². The Hall–Kier alpha value is -0.379. The van der Waals surface area contributed by atoms with Crippen LogP contribution in [0.3, 0.4) is 0 Å². The second kappa shape index (κ2) is 71.5. The summed E-state index contributed by atoms with van der Waals surface area (Å²) in [5, 5.41) is 63.4. The predicted octanol–water partition coefficient (Wildman–Crippen LogP) is 16.2. The average Bonchev–Trinajstić information content (AvgIpc) is 0.889. The molecular formula is C67H128As6N4O17S6. The van der Waals surface area contributed by atoms with E-state index in [0.717, 1.165) is 25.7 Å². The molecule has 1 heterocycles. The van der Waals surface area contributed by atoms with E-state index in [1.54, 1.807) is 58.4 Å². The molecule has 0 aliphatic carbocycles. The molecule has 1 amide bonds. The van der Waals surface area contributed by atoms with Gasteiger partial charge in [-0.25, -0.2) is 0 Å². The molecule has 0 fully saturated rings. The molecule has 4 atom stereocenters. The van der Waals surface area contributed by atoms with Gasteiger partial charge in [0.1, 0.15) is 0 Å². The molecule has 0 aliphatic heterocycles. The number of ketones is 2. The van der Waals surface area contributed by atoms with Crippen molar-refractivity contribution in [3.63, 3.8) is 0 Å². The molecule has 0 bridgehead atoms. The minimum absolute atomic E-state index is 0.0191. The molecule has 0 spiro atoms. The number of nitrogens with one attached hydrogen (secondary N) is 1. The van der Waals surface area contributed by atoms with E-state index in [2.05, 4.69) is 98.9 Å². The van der Waals surface area contributed by atoms with Crippen LogP contribution in [-0.2, 0) is 43.2 Å². The Morgan fingerprint density at radius 2 is 0.850 bits per heavy atom. The van der Waals surface area contributed by atoms with E-state index < -0.39 is 147 Å². The molecule has 33 heteroatoms. The fraction of sp³-hybridized carbons (Fsp3) is 0.776. The molecule has 0 saturated carbocycles. The van der Waals surface area contributed by atoms with Gasteiger partial charge in [-0.2, -0.15) is 0 Å². The molecule has 1 aromatic rings. The van der Waals surface area contributed by atoms with Gasteiger partial charge >= 0.3 is 610 Å². The summed E-state index contributed by atoms with van der Waals surface area (Å²) in [6, 6.07) is 0.606. The summed E-state index contributed by atoms with van der Waals surface area (Å²) in [4.78, 5) is 113. The summed E-state index contributed by atoms with van der Waals surface area (Å²) in [6.45, 7) is 5.65. The number of carbonyl (C=O) groups excluding carboxylic acids is 3. The summed E-state index contributed by atoms with van der Waals surface area (Å²) >= 11 is -4.60. The summed E-state index contributed by atoms with van der Waals surface area (Å²) in [5.74, 6) is -3.81. The van der Waals surface area contributed by atoms with Crippen LogP contribution >= 0.6 is 60.1 Å². The second-order valence-corrected chi connectivity index (χ2v) is 81.3.